The van der Waals surface area contributed by atoms with Crippen LogP contribution in [-0.4, -0.2) is 5.11 Å². The Morgan fingerprint density at radius 1 is 0.789 bits per heavy atom. The lowest BCUT2D eigenvalue weighted by Crippen LogP contribution is -2.30. The van der Waals surface area contributed by atoms with Crippen molar-refractivity contribution in [2.75, 3.05) is 0 Å². The molecule has 1 heteroatoms. The third-order valence-electron chi connectivity index (χ3n) is 4.48. The van der Waals surface area contributed by atoms with Gasteiger partial charge in [-0.25, -0.2) is 0 Å². The maximum absolute atomic E-state index is 10.9. The first-order valence-corrected chi connectivity index (χ1v) is 7.11. The number of aliphatic hydroxyl groups excluding tert-OH is 1. The van der Waals surface area contributed by atoms with Crippen LogP contribution in [0.2, 0.25) is 0 Å². The SMILES string of the molecule is OC(c1ccccc1)C1(c2ccccc2)CCCC1. The van der Waals surface area contributed by atoms with Crippen LogP contribution < -0.4 is 0 Å². The van der Waals surface area contributed by atoms with E-state index in [9.17, 15) is 5.11 Å². The number of hydrogen-bond acceptors (Lipinski definition) is 1. The third kappa shape index (κ3) is 2.19. The molecule has 0 heterocycles. The summed E-state index contributed by atoms with van der Waals surface area (Å²) in [6, 6.07) is 20.6. The van der Waals surface area contributed by atoms with Crippen molar-refractivity contribution in [2.24, 2.45) is 0 Å². The van der Waals surface area contributed by atoms with E-state index in [2.05, 4.69) is 24.3 Å². The first kappa shape index (κ1) is 12.4. The molecule has 98 valence electrons. The second-order valence-electron chi connectivity index (χ2n) is 5.54. The summed E-state index contributed by atoms with van der Waals surface area (Å²) >= 11 is 0. The van der Waals surface area contributed by atoms with Gasteiger partial charge in [-0.15, -0.1) is 0 Å². The fourth-order valence-electron chi connectivity index (χ4n) is 3.45. The molecular formula is C18H20O. The number of benzene rings is 2. The predicted octanol–water partition coefficient (Wildman–Crippen LogP) is 4.23. The largest absolute Gasteiger partial charge is 0.387 e. The number of hydrogen-bond donors (Lipinski definition) is 1. The zero-order valence-electron chi connectivity index (χ0n) is 11.1. The van der Waals surface area contributed by atoms with Crippen molar-refractivity contribution in [3.63, 3.8) is 0 Å². The first-order chi connectivity index (χ1) is 9.33. The molecule has 1 fully saturated rings. The lowest BCUT2D eigenvalue weighted by molar-refractivity contribution is 0.0822. The average molecular weight is 252 g/mol. The number of rotatable bonds is 3. The Labute approximate surface area is 114 Å². The van der Waals surface area contributed by atoms with Gasteiger partial charge in [-0.1, -0.05) is 73.5 Å². The van der Waals surface area contributed by atoms with E-state index in [0.29, 0.717) is 0 Å². The molecule has 0 spiro atoms. The summed E-state index contributed by atoms with van der Waals surface area (Å²) in [5.74, 6) is 0. The van der Waals surface area contributed by atoms with Crippen LogP contribution in [0.3, 0.4) is 0 Å². The zero-order valence-corrected chi connectivity index (χ0v) is 11.1. The van der Waals surface area contributed by atoms with E-state index in [-0.39, 0.29) is 5.41 Å². The Hall–Kier alpha value is -1.60. The Bertz CT molecular complexity index is 512. The highest BCUT2D eigenvalue weighted by Gasteiger charge is 2.42. The third-order valence-corrected chi connectivity index (χ3v) is 4.48. The van der Waals surface area contributed by atoms with Gasteiger partial charge in [0.1, 0.15) is 0 Å². The standard InChI is InChI=1S/C18H20O/c19-17(15-9-3-1-4-10-15)18(13-7-8-14-18)16-11-5-2-6-12-16/h1-6,9-12,17,19H,7-8,13-14H2. The molecule has 0 amide bonds. The van der Waals surface area contributed by atoms with Crippen LogP contribution in [0.15, 0.2) is 60.7 Å². The molecule has 0 saturated heterocycles. The van der Waals surface area contributed by atoms with Gasteiger partial charge in [0.2, 0.25) is 0 Å². The second-order valence-corrected chi connectivity index (χ2v) is 5.54. The zero-order chi connectivity index (χ0) is 13.1. The molecule has 1 atom stereocenters. The van der Waals surface area contributed by atoms with Gasteiger partial charge in [0, 0.05) is 5.41 Å². The smallest absolute Gasteiger partial charge is 0.0886 e. The van der Waals surface area contributed by atoms with E-state index in [4.69, 9.17) is 0 Å². The summed E-state index contributed by atoms with van der Waals surface area (Å²) in [4.78, 5) is 0. The van der Waals surface area contributed by atoms with Crippen LogP contribution in [0.4, 0.5) is 0 Å². The highest BCUT2D eigenvalue weighted by Crippen LogP contribution is 2.49. The minimum absolute atomic E-state index is 0.0946. The molecule has 1 aliphatic rings. The number of aliphatic hydroxyl groups is 1. The van der Waals surface area contributed by atoms with Gasteiger partial charge in [0.25, 0.3) is 0 Å². The van der Waals surface area contributed by atoms with Gasteiger partial charge in [0.15, 0.2) is 0 Å². The molecular weight excluding hydrogens is 232 g/mol. The van der Waals surface area contributed by atoms with Crippen molar-refractivity contribution in [1.29, 1.82) is 0 Å². The van der Waals surface area contributed by atoms with Crippen molar-refractivity contribution in [3.8, 4) is 0 Å². The van der Waals surface area contributed by atoms with Crippen LogP contribution in [0.5, 0.6) is 0 Å². The summed E-state index contributed by atoms with van der Waals surface area (Å²) in [6.07, 6.45) is 4.16. The van der Waals surface area contributed by atoms with Crippen LogP contribution in [0.25, 0.3) is 0 Å². The molecule has 3 rings (SSSR count). The van der Waals surface area contributed by atoms with Gasteiger partial charge >= 0.3 is 0 Å². The molecule has 0 aliphatic heterocycles. The van der Waals surface area contributed by atoms with Crippen molar-refractivity contribution in [3.05, 3.63) is 71.8 Å². The van der Waals surface area contributed by atoms with Crippen LogP contribution in [0, 0.1) is 0 Å². The minimum Gasteiger partial charge on any atom is -0.387 e. The molecule has 0 aromatic heterocycles. The molecule has 19 heavy (non-hydrogen) atoms. The molecule has 2 aromatic rings. The highest BCUT2D eigenvalue weighted by molar-refractivity contribution is 5.33. The van der Waals surface area contributed by atoms with E-state index in [1.807, 2.05) is 36.4 Å². The molecule has 1 unspecified atom stereocenters. The van der Waals surface area contributed by atoms with Gasteiger partial charge in [-0.2, -0.15) is 0 Å². The quantitative estimate of drug-likeness (QED) is 0.866. The van der Waals surface area contributed by atoms with Gasteiger partial charge in [-0.3, -0.25) is 0 Å². The maximum Gasteiger partial charge on any atom is 0.0886 e. The van der Waals surface area contributed by atoms with Crippen LogP contribution >= 0.6 is 0 Å². The predicted molar refractivity (Wildman–Crippen MR) is 78.0 cm³/mol. The molecule has 1 aliphatic carbocycles. The lowest BCUT2D eigenvalue weighted by atomic mass is 9.72. The summed E-state index contributed by atoms with van der Waals surface area (Å²) in [5, 5.41) is 10.9. The van der Waals surface area contributed by atoms with Crippen molar-refractivity contribution in [2.45, 2.75) is 37.2 Å². The Balaban J connectivity index is 2.02. The Morgan fingerprint density at radius 2 is 1.32 bits per heavy atom. The second kappa shape index (κ2) is 5.18. The van der Waals surface area contributed by atoms with Gasteiger partial charge < -0.3 is 5.11 Å². The van der Waals surface area contributed by atoms with E-state index >= 15 is 0 Å². The van der Waals surface area contributed by atoms with E-state index in [1.54, 1.807) is 0 Å². The molecule has 0 radical (unpaired) electrons. The van der Waals surface area contributed by atoms with Crippen molar-refractivity contribution in [1.82, 2.24) is 0 Å². The highest BCUT2D eigenvalue weighted by atomic mass is 16.3. The van der Waals surface area contributed by atoms with Gasteiger partial charge in [0.05, 0.1) is 6.10 Å². The van der Waals surface area contributed by atoms with Gasteiger partial charge in [-0.05, 0) is 24.0 Å². The molecule has 0 bridgehead atoms. The summed E-state index contributed by atoms with van der Waals surface area (Å²) < 4.78 is 0. The molecule has 2 aromatic carbocycles. The summed E-state index contributed by atoms with van der Waals surface area (Å²) in [5.41, 5.74) is 2.22. The van der Waals surface area contributed by atoms with E-state index in [0.717, 1.165) is 18.4 Å². The fraction of sp³-hybridized carbons (Fsp3) is 0.333. The average Bonchev–Trinajstić information content (AvgIpc) is 2.99. The van der Waals surface area contributed by atoms with Crippen LogP contribution in [0.1, 0.15) is 42.9 Å². The van der Waals surface area contributed by atoms with Crippen molar-refractivity contribution >= 4 is 0 Å². The molecule has 1 N–H and O–H groups in total. The molecule has 1 nitrogen and oxygen atoms in total. The lowest BCUT2D eigenvalue weighted by Gasteiger charge is -2.35. The topological polar surface area (TPSA) is 20.2 Å². The summed E-state index contributed by atoms with van der Waals surface area (Å²) in [6.45, 7) is 0. The normalized spacial score (nSPS) is 19.2. The minimum atomic E-state index is -0.404. The molecule has 1 saturated carbocycles. The van der Waals surface area contributed by atoms with Crippen LogP contribution in [-0.2, 0) is 5.41 Å². The van der Waals surface area contributed by atoms with E-state index in [1.165, 1.54) is 18.4 Å². The fourth-order valence-corrected chi connectivity index (χ4v) is 3.45. The Morgan fingerprint density at radius 3 is 1.89 bits per heavy atom. The van der Waals surface area contributed by atoms with E-state index < -0.39 is 6.10 Å². The Kier molecular flexibility index (Phi) is 3.39. The monoisotopic (exact) mass is 252 g/mol. The first-order valence-electron chi connectivity index (χ1n) is 7.11. The summed E-state index contributed by atoms with van der Waals surface area (Å²) in [7, 11) is 0. The van der Waals surface area contributed by atoms with Crippen molar-refractivity contribution < 1.29 is 5.11 Å². The maximum atomic E-state index is 10.9.